The Kier molecular flexibility index (Phi) is 8.36. The molecule has 6 nitrogen and oxygen atoms in total. The van der Waals surface area contributed by atoms with Crippen LogP contribution in [0.4, 0.5) is 5.13 Å². The molecule has 0 bridgehead atoms. The van der Waals surface area contributed by atoms with Crippen LogP contribution in [0.2, 0.25) is 5.02 Å². The first-order valence-corrected chi connectivity index (χ1v) is 11.9. The Bertz CT molecular complexity index is 1070. The SMILES string of the molecule is CCc1ccc(C(=O)N(CCC(=O)Nc2nnc(-c3cccc(Cl)c3)s2)[C@@H](C)CC)cc1. The normalized spacial score (nSPS) is 11.8. The zero-order valence-electron chi connectivity index (χ0n) is 18.5. The second-order valence-electron chi connectivity index (χ2n) is 7.53. The summed E-state index contributed by atoms with van der Waals surface area (Å²) < 4.78 is 0. The Hall–Kier alpha value is -2.77. The van der Waals surface area contributed by atoms with Crippen LogP contribution in [0.5, 0.6) is 0 Å². The standard InChI is InChI=1S/C24H27ClN4O2S/c1-4-16(3)29(23(31)18-11-9-17(5-2)10-12-18)14-13-21(30)26-24-28-27-22(32-24)19-7-6-8-20(25)15-19/h6-12,15-16H,4-5,13-14H2,1-3H3,(H,26,28,30)/t16-/m0/s1. The fraction of sp³-hybridized carbons (Fsp3) is 0.333. The lowest BCUT2D eigenvalue weighted by atomic mass is 10.1. The van der Waals surface area contributed by atoms with Crippen molar-refractivity contribution in [2.75, 3.05) is 11.9 Å². The van der Waals surface area contributed by atoms with E-state index in [0.717, 1.165) is 18.4 Å². The highest BCUT2D eigenvalue weighted by Gasteiger charge is 2.21. The zero-order chi connectivity index (χ0) is 23.1. The number of rotatable bonds is 9. The third kappa shape index (κ3) is 6.14. The molecule has 168 valence electrons. The third-order valence-corrected chi connectivity index (χ3v) is 6.44. The van der Waals surface area contributed by atoms with E-state index >= 15 is 0 Å². The maximum absolute atomic E-state index is 13.1. The molecule has 2 amide bonds. The Labute approximate surface area is 197 Å². The van der Waals surface area contributed by atoms with Gasteiger partial charge in [0.1, 0.15) is 5.01 Å². The molecule has 0 unspecified atom stereocenters. The molecule has 3 aromatic rings. The van der Waals surface area contributed by atoms with Crippen molar-refractivity contribution in [1.82, 2.24) is 15.1 Å². The summed E-state index contributed by atoms with van der Waals surface area (Å²) in [6, 6.07) is 15.0. The number of nitrogens with one attached hydrogen (secondary N) is 1. The molecule has 0 spiro atoms. The van der Waals surface area contributed by atoms with Gasteiger partial charge in [0.05, 0.1) is 0 Å². The molecule has 0 aliphatic rings. The Morgan fingerprint density at radius 2 is 1.88 bits per heavy atom. The first kappa shape index (κ1) is 23.9. The first-order valence-electron chi connectivity index (χ1n) is 10.7. The largest absolute Gasteiger partial charge is 0.335 e. The van der Waals surface area contributed by atoms with Crippen LogP contribution in [-0.2, 0) is 11.2 Å². The topological polar surface area (TPSA) is 75.2 Å². The maximum Gasteiger partial charge on any atom is 0.254 e. The molecular weight excluding hydrogens is 444 g/mol. The van der Waals surface area contributed by atoms with Gasteiger partial charge in [-0.3, -0.25) is 9.59 Å². The highest BCUT2D eigenvalue weighted by Crippen LogP contribution is 2.28. The average molecular weight is 471 g/mol. The van der Waals surface area contributed by atoms with E-state index in [-0.39, 0.29) is 24.3 Å². The molecule has 1 N–H and O–H groups in total. The number of halogens is 1. The van der Waals surface area contributed by atoms with Crippen LogP contribution in [0.3, 0.4) is 0 Å². The first-order chi connectivity index (χ1) is 15.4. The molecule has 1 heterocycles. The van der Waals surface area contributed by atoms with E-state index in [9.17, 15) is 9.59 Å². The number of benzene rings is 2. The summed E-state index contributed by atoms with van der Waals surface area (Å²) in [7, 11) is 0. The van der Waals surface area contributed by atoms with Gasteiger partial charge in [-0.25, -0.2) is 0 Å². The van der Waals surface area contributed by atoms with Gasteiger partial charge in [0, 0.05) is 35.2 Å². The predicted molar refractivity (Wildman–Crippen MR) is 130 cm³/mol. The molecule has 0 fully saturated rings. The fourth-order valence-corrected chi connectivity index (χ4v) is 4.15. The highest BCUT2D eigenvalue weighted by atomic mass is 35.5. The van der Waals surface area contributed by atoms with Crippen molar-refractivity contribution < 1.29 is 9.59 Å². The summed E-state index contributed by atoms with van der Waals surface area (Å²) in [5, 5.41) is 12.7. The molecule has 1 atom stereocenters. The van der Waals surface area contributed by atoms with Gasteiger partial charge in [0.15, 0.2) is 0 Å². The molecule has 8 heteroatoms. The monoisotopic (exact) mass is 470 g/mol. The van der Waals surface area contributed by atoms with Crippen LogP contribution in [0.25, 0.3) is 10.6 Å². The number of amides is 2. The van der Waals surface area contributed by atoms with Gasteiger partial charge in [-0.1, -0.05) is 61.1 Å². The number of nitrogens with zero attached hydrogens (tertiary/aromatic N) is 3. The van der Waals surface area contributed by atoms with Gasteiger partial charge >= 0.3 is 0 Å². The van der Waals surface area contributed by atoms with Gasteiger partial charge in [0.25, 0.3) is 5.91 Å². The van der Waals surface area contributed by atoms with Crippen LogP contribution < -0.4 is 5.32 Å². The Balaban J connectivity index is 1.62. The number of aromatic nitrogens is 2. The Morgan fingerprint density at radius 1 is 1.12 bits per heavy atom. The fourth-order valence-electron chi connectivity index (χ4n) is 3.21. The summed E-state index contributed by atoms with van der Waals surface area (Å²) in [6.07, 6.45) is 1.91. The number of carbonyl (C=O) groups excluding carboxylic acids is 2. The van der Waals surface area contributed by atoms with Crippen molar-refractivity contribution in [2.24, 2.45) is 0 Å². The van der Waals surface area contributed by atoms with Gasteiger partial charge in [-0.05, 0) is 49.6 Å². The minimum atomic E-state index is -0.207. The lowest BCUT2D eigenvalue weighted by molar-refractivity contribution is -0.116. The average Bonchev–Trinajstić information content (AvgIpc) is 3.27. The predicted octanol–water partition coefficient (Wildman–Crippen LogP) is 5.69. The molecule has 2 aromatic carbocycles. The molecule has 1 aromatic heterocycles. The number of hydrogen-bond acceptors (Lipinski definition) is 5. The van der Waals surface area contributed by atoms with Gasteiger partial charge < -0.3 is 10.2 Å². The summed E-state index contributed by atoms with van der Waals surface area (Å²) in [6.45, 7) is 6.44. The second-order valence-corrected chi connectivity index (χ2v) is 8.94. The number of anilines is 1. The van der Waals surface area contributed by atoms with Crippen molar-refractivity contribution in [3.05, 3.63) is 64.7 Å². The lowest BCUT2D eigenvalue weighted by Gasteiger charge is -2.28. The third-order valence-electron chi connectivity index (χ3n) is 5.32. The molecule has 3 rings (SSSR count). The molecule has 32 heavy (non-hydrogen) atoms. The van der Waals surface area contributed by atoms with Gasteiger partial charge in [-0.15, -0.1) is 10.2 Å². The van der Waals surface area contributed by atoms with E-state index in [1.165, 1.54) is 16.9 Å². The summed E-state index contributed by atoms with van der Waals surface area (Å²) in [4.78, 5) is 27.4. The van der Waals surface area contributed by atoms with Gasteiger partial charge in [-0.2, -0.15) is 0 Å². The molecule has 0 aliphatic heterocycles. The maximum atomic E-state index is 13.1. The summed E-state index contributed by atoms with van der Waals surface area (Å²) in [5.41, 5.74) is 2.67. The van der Waals surface area contributed by atoms with Crippen LogP contribution >= 0.6 is 22.9 Å². The smallest absolute Gasteiger partial charge is 0.254 e. The molecule has 0 saturated carbocycles. The molecular formula is C24H27ClN4O2S. The molecule has 0 aliphatic carbocycles. The quantitative estimate of drug-likeness (QED) is 0.435. The molecule has 0 radical (unpaired) electrons. The summed E-state index contributed by atoms with van der Waals surface area (Å²) >= 11 is 7.31. The zero-order valence-corrected chi connectivity index (χ0v) is 20.0. The van der Waals surface area contributed by atoms with Crippen molar-refractivity contribution >= 4 is 39.9 Å². The molecule has 0 saturated heterocycles. The van der Waals surface area contributed by atoms with Gasteiger partial charge in [0.2, 0.25) is 11.0 Å². The summed E-state index contributed by atoms with van der Waals surface area (Å²) in [5.74, 6) is -0.268. The number of carbonyl (C=O) groups is 2. The lowest BCUT2D eigenvalue weighted by Crippen LogP contribution is -2.40. The van der Waals surface area contributed by atoms with Crippen molar-refractivity contribution in [3.63, 3.8) is 0 Å². The van der Waals surface area contributed by atoms with Crippen LogP contribution in [0.1, 0.15) is 49.5 Å². The van der Waals surface area contributed by atoms with Crippen molar-refractivity contribution in [3.8, 4) is 10.6 Å². The second kappa shape index (κ2) is 11.2. The van der Waals surface area contributed by atoms with E-state index in [1.807, 2.05) is 50.2 Å². The van der Waals surface area contributed by atoms with Crippen LogP contribution in [0, 0.1) is 0 Å². The highest BCUT2D eigenvalue weighted by molar-refractivity contribution is 7.18. The minimum absolute atomic E-state index is 0.0251. The van der Waals surface area contributed by atoms with E-state index in [1.54, 1.807) is 17.0 Å². The van der Waals surface area contributed by atoms with Crippen molar-refractivity contribution in [1.29, 1.82) is 0 Å². The van der Waals surface area contributed by atoms with E-state index in [4.69, 9.17) is 11.6 Å². The van der Waals surface area contributed by atoms with E-state index in [2.05, 4.69) is 22.4 Å². The number of aryl methyl sites for hydroxylation is 1. The Morgan fingerprint density at radius 3 is 2.53 bits per heavy atom. The number of hydrogen-bond donors (Lipinski definition) is 1. The van der Waals surface area contributed by atoms with Crippen LogP contribution in [-0.4, -0.2) is 39.5 Å². The van der Waals surface area contributed by atoms with E-state index < -0.39 is 0 Å². The van der Waals surface area contributed by atoms with Crippen LogP contribution in [0.15, 0.2) is 48.5 Å². The minimum Gasteiger partial charge on any atom is -0.335 e. The van der Waals surface area contributed by atoms with E-state index in [0.29, 0.717) is 27.3 Å². The van der Waals surface area contributed by atoms with Crippen molar-refractivity contribution in [2.45, 2.75) is 46.1 Å².